The quantitative estimate of drug-likeness (QED) is 0.593. The molecule has 0 saturated heterocycles. The zero-order valence-electron chi connectivity index (χ0n) is 12.9. The summed E-state index contributed by atoms with van der Waals surface area (Å²) in [6, 6.07) is 11.4. The van der Waals surface area contributed by atoms with E-state index >= 15 is 0 Å². The van der Waals surface area contributed by atoms with E-state index in [1.807, 2.05) is 48.7 Å². The van der Waals surface area contributed by atoms with Gasteiger partial charge in [0, 0.05) is 10.8 Å². The number of benzene rings is 1. The molecular formula is C17H14N4O2S. The number of amides is 1. The molecule has 3 heterocycles. The number of nitrogens with one attached hydrogen (secondary N) is 2. The van der Waals surface area contributed by atoms with Gasteiger partial charge >= 0.3 is 0 Å². The average molecular weight is 338 g/mol. The van der Waals surface area contributed by atoms with Gasteiger partial charge in [0.2, 0.25) is 5.91 Å². The number of rotatable bonds is 4. The zero-order chi connectivity index (χ0) is 16.5. The lowest BCUT2D eigenvalue weighted by atomic mass is 10.2. The van der Waals surface area contributed by atoms with Crippen LogP contribution in [0.4, 0.5) is 5.82 Å². The molecule has 0 radical (unpaired) electrons. The van der Waals surface area contributed by atoms with Crippen LogP contribution in [0, 0.1) is 6.92 Å². The van der Waals surface area contributed by atoms with Crippen LogP contribution in [-0.4, -0.2) is 21.1 Å². The number of carbonyl (C=O) groups excluding carboxylic acids is 1. The van der Waals surface area contributed by atoms with E-state index in [0.717, 1.165) is 27.4 Å². The lowest BCUT2D eigenvalue weighted by molar-refractivity contribution is -0.115. The Morgan fingerprint density at radius 2 is 2.17 bits per heavy atom. The Balaban J connectivity index is 1.47. The molecule has 120 valence electrons. The molecule has 0 bridgehead atoms. The van der Waals surface area contributed by atoms with E-state index in [4.69, 9.17) is 4.42 Å². The number of aryl methyl sites for hydroxylation is 1. The summed E-state index contributed by atoms with van der Waals surface area (Å²) >= 11 is 1.46. The molecule has 2 N–H and O–H groups in total. The summed E-state index contributed by atoms with van der Waals surface area (Å²) in [7, 11) is 0. The van der Waals surface area contributed by atoms with Gasteiger partial charge in [-0.1, -0.05) is 12.1 Å². The number of hydrogen-bond donors (Lipinski definition) is 2. The second-order valence-electron chi connectivity index (χ2n) is 5.40. The number of furan rings is 1. The molecule has 0 atom stereocenters. The highest BCUT2D eigenvalue weighted by Gasteiger charge is 2.13. The summed E-state index contributed by atoms with van der Waals surface area (Å²) in [4.78, 5) is 16.7. The summed E-state index contributed by atoms with van der Waals surface area (Å²) in [6.45, 7) is 1.89. The number of carbonyl (C=O) groups is 1. The van der Waals surface area contributed by atoms with Crippen molar-refractivity contribution in [3.63, 3.8) is 0 Å². The lowest BCUT2D eigenvalue weighted by Gasteiger charge is -2.00. The molecule has 0 fully saturated rings. The lowest BCUT2D eigenvalue weighted by Crippen LogP contribution is -2.15. The van der Waals surface area contributed by atoms with E-state index in [0.29, 0.717) is 11.5 Å². The summed E-state index contributed by atoms with van der Waals surface area (Å²) in [5, 5.41) is 13.4. The Kier molecular flexibility index (Phi) is 3.62. The minimum atomic E-state index is -0.153. The first-order valence-electron chi connectivity index (χ1n) is 7.43. The Labute approximate surface area is 141 Å². The third-order valence-electron chi connectivity index (χ3n) is 3.57. The molecule has 0 aliphatic heterocycles. The Bertz CT molecular complexity index is 1010. The highest BCUT2D eigenvalue weighted by atomic mass is 32.1. The van der Waals surface area contributed by atoms with Gasteiger partial charge in [0.25, 0.3) is 0 Å². The first-order valence-corrected chi connectivity index (χ1v) is 8.31. The highest BCUT2D eigenvalue weighted by molar-refractivity contribution is 7.13. The van der Waals surface area contributed by atoms with Crippen molar-refractivity contribution in [3.05, 3.63) is 53.2 Å². The van der Waals surface area contributed by atoms with E-state index in [1.165, 1.54) is 11.3 Å². The number of nitrogens with zero attached hydrogens (tertiary/aromatic N) is 2. The van der Waals surface area contributed by atoms with Gasteiger partial charge in [0.05, 0.1) is 17.6 Å². The molecule has 0 spiro atoms. The van der Waals surface area contributed by atoms with Crippen molar-refractivity contribution in [2.24, 2.45) is 0 Å². The molecule has 7 heteroatoms. The minimum Gasteiger partial charge on any atom is -0.459 e. The molecule has 1 amide bonds. The van der Waals surface area contributed by atoms with Crippen molar-refractivity contribution >= 4 is 34.0 Å². The second-order valence-corrected chi connectivity index (χ2v) is 6.26. The van der Waals surface area contributed by atoms with Crippen LogP contribution in [0.1, 0.15) is 11.5 Å². The predicted octanol–water partition coefficient (Wildman–Crippen LogP) is 3.77. The fourth-order valence-corrected chi connectivity index (χ4v) is 3.23. The van der Waals surface area contributed by atoms with Crippen molar-refractivity contribution in [2.45, 2.75) is 13.3 Å². The van der Waals surface area contributed by atoms with E-state index in [-0.39, 0.29) is 12.3 Å². The molecule has 1 aromatic carbocycles. The maximum atomic E-state index is 12.2. The van der Waals surface area contributed by atoms with E-state index < -0.39 is 0 Å². The van der Waals surface area contributed by atoms with Gasteiger partial charge in [-0.3, -0.25) is 9.89 Å². The van der Waals surface area contributed by atoms with E-state index in [9.17, 15) is 4.79 Å². The number of hydrogen-bond acceptors (Lipinski definition) is 5. The SMILES string of the molecule is Cc1ccc(-c2nc(CC(=O)Nc3n[nH]c4ccccc34)cs2)o1. The number of fused-ring (bicyclic) bond motifs is 1. The fraction of sp³-hybridized carbons (Fsp3) is 0.118. The van der Waals surface area contributed by atoms with Crippen LogP contribution in [0.15, 0.2) is 46.2 Å². The van der Waals surface area contributed by atoms with Crippen LogP contribution >= 0.6 is 11.3 Å². The van der Waals surface area contributed by atoms with Crippen molar-refractivity contribution in [1.29, 1.82) is 0 Å². The van der Waals surface area contributed by atoms with Crippen LogP contribution in [-0.2, 0) is 11.2 Å². The maximum Gasteiger partial charge on any atom is 0.231 e. The second kappa shape index (κ2) is 5.93. The molecule has 3 aromatic heterocycles. The summed E-state index contributed by atoms with van der Waals surface area (Å²) < 4.78 is 5.55. The summed E-state index contributed by atoms with van der Waals surface area (Å²) in [6.07, 6.45) is 0.192. The number of thiazole rings is 1. The van der Waals surface area contributed by atoms with Crippen LogP contribution in [0.25, 0.3) is 21.7 Å². The zero-order valence-corrected chi connectivity index (χ0v) is 13.7. The molecular weight excluding hydrogens is 324 g/mol. The van der Waals surface area contributed by atoms with Gasteiger partial charge in [0.1, 0.15) is 5.76 Å². The molecule has 4 rings (SSSR count). The van der Waals surface area contributed by atoms with Gasteiger partial charge in [-0.05, 0) is 31.2 Å². The Hall–Kier alpha value is -2.93. The van der Waals surface area contributed by atoms with Gasteiger partial charge in [-0.2, -0.15) is 5.10 Å². The van der Waals surface area contributed by atoms with Gasteiger partial charge < -0.3 is 9.73 Å². The standard InChI is InChI=1S/C17H14N4O2S/c1-10-6-7-14(23-10)17-18-11(9-24-17)8-15(22)19-16-12-4-2-3-5-13(12)20-21-16/h2-7,9H,8H2,1H3,(H2,19,20,21,22). The number of H-pyrrole nitrogens is 1. The molecule has 0 saturated carbocycles. The van der Waals surface area contributed by atoms with Crippen LogP contribution in [0.3, 0.4) is 0 Å². The summed E-state index contributed by atoms with van der Waals surface area (Å²) in [5.41, 5.74) is 1.60. The molecule has 6 nitrogen and oxygen atoms in total. The maximum absolute atomic E-state index is 12.2. The first kappa shape index (κ1) is 14.6. The monoisotopic (exact) mass is 338 g/mol. The van der Waals surface area contributed by atoms with Crippen molar-refractivity contribution in [2.75, 3.05) is 5.32 Å². The number of aromatic nitrogens is 3. The first-order chi connectivity index (χ1) is 11.7. The molecule has 0 aliphatic rings. The molecule has 0 unspecified atom stereocenters. The van der Waals surface area contributed by atoms with Gasteiger partial charge in [0.15, 0.2) is 16.6 Å². The van der Waals surface area contributed by atoms with Gasteiger partial charge in [-0.25, -0.2) is 4.98 Å². The topological polar surface area (TPSA) is 83.8 Å². The smallest absolute Gasteiger partial charge is 0.231 e. The average Bonchev–Trinajstić information content (AvgIpc) is 3.28. The molecule has 24 heavy (non-hydrogen) atoms. The minimum absolute atomic E-state index is 0.153. The third-order valence-corrected chi connectivity index (χ3v) is 4.48. The Morgan fingerprint density at radius 1 is 1.29 bits per heavy atom. The number of anilines is 1. The Morgan fingerprint density at radius 3 is 3.00 bits per heavy atom. The molecule has 4 aromatic rings. The van der Waals surface area contributed by atoms with Crippen molar-refractivity contribution in [1.82, 2.24) is 15.2 Å². The predicted molar refractivity (Wildman–Crippen MR) is 93.0 cm³/mol. The fourth-order valence-electron chi connectivity index (χ4n) is 2.45. The number of para-hydroxylation sites is 1. The normalized spacial score (nSPS) is 11.0. The van der Waals surface area contributed by atoms with Crippen LogP contribution in [0.5, 0.6) is 0 Å². The highest BCUT2D eigenvalue weighted by Crippen LogP contribution is 2.26. The van der Waals surface area contributed by atoms with Crippen LogP contribution < -0.4 is 5.32 Å². The number of aromatic amines is 1. The van der Waals surface area contributed by atoms with Crippen LogP contribution in [0.2, 0.25) is 0 Å². The van der Waals surface area contributed by atoms with Gasteiger partial charge in [-0.15, -0.1) is 11.3 Å². The third kappa shape index (κ3) is 2.81. The van der Waals surface area contributed by atoms with E-state index in [2.05, 4.69) is 20.5 Å². The van der Waals surface area contributed by atoms with E-state index in [1.54, 1.807) is 0 Å². The largest absolute Gasteiger partial charge is 0.459 e. The summed E-state index contributed by atoms with van der Waals surface area (Å²) in [5.74, 6) is 1.94. The van der Waals surface area contributed by atoms with Crippen molar-refractivity contribution in [3.8, 4) is 10.8 Å². The molecule has 0 aliphatic carbocycles. The van der Waals surface area contributed by atoms with Crippen molar-refractivity contribution < 1.29 is 9.21 Å².